The third-order valence-electron chi connectivity index (χ3n) is 4.62. The maximum absolute atomic E-state index is 13.0. The molecule has 2 atom stereocenters. The van der Waals surface area contributed by atoms with E-state index in [1.165, 1.54) is 0 Å². The van der Waals surface area contributed by atoms with E-state index in [1.54, 1.807) is 29.0 Å². The van der Waals surface area contributed by atoms with Crippen molar-refractivity contribution < 1.29 is 9.59 Å². The summed E-state index contributed by atoms with van der Waals surface area (Å²) < 4.78 is 1.59. The third-order valence-corrected chi connectivity index (χ3v) is 4.62. The third kappa shape index (κ3) is 2.91. The maximum atomic E-state index is 13.0. The molecule has 0 spiro atoms. The number of nitrogens with zero attached hydrogens (tertiary/aromatic N) is 3. The predicted octanol–water partition coefficient (Wildman–Crippen LogP) is 2.43. The molecule has 0 saturated carbocycles. The number of carbonyl (C=O) groups excluding carboxylic acids is 2. The fourth-order valence-corrected chi connectivity index (χ4v) is 3.09. The van der Waals surface area contributed by atoms with Crippen molar-refractivity contribution in [3.05, 3.63) is 47.8 Å². The minimum atomic E-state index is -0.505. The van der Waals surface area contributed by atoms with Crippen LogP contribution in [0.25, 0.3) is 0 Å². The molecule has 1 N–H and O–H groups in total. The molecule has 24 heavy (non-hydrogen) atoms. The summed E-state index contributed by atoms with van der Waals surface area (Å²) in [5.41, 5.74) is 2.21. The van der Waals surface area contributed by atoms with E-state index in [-0.39, 0.29) is 17.7 Å². The van der Waals surface area contributed by atoms with Crippen molar-refractivity contribution in [2.45, 2.75) is 32.9 Å². The number of amides is 2. The molecule has 126 valence electrons. The van der Waals surface area contributed by atoms with Gasteiger partial charge >= 0.3 is 0 Å². The molecule has 0 bridgehead atoms. The summed E-state index contributed by atoms with van der Waals surface area (Å²) >= 11 is 0. The van der Waals surface area contributed by atoms with Gasteiger partial charge in [0, 0.05) is 25.5 Å². The van der Waals surface area contributed by atoms with Crippen molar-refractivity contribution >= 4 is 17.5 Å². The number of rotatable bonds is 3. The van der Waals surface area contributed by atoms with Crippen LogP contribution in [0.1, 0.15) is 36.2 Å². The van der Waals surface area contributed by atoms with Gasteiger partial charge in [0.25, 0.3) is 5.91 Å². The van der Waals surface area contributed by atoms with E-state index in [9.17, 15) is 9.59 Å². The summed E-state index contributed by atoms with van der Waals surface area (Å²) in [6, 6.07) is 7.11. The van der Waals surface area contributed by atoms with Gasteiger partial charge in [0.05, 0.1) is 11.8 Å². The van der Waals surface area contributed by atoms with Crippen LogP contribution in [0.15, 0.2) is 36.7 Å². The number of hydrogen-bond donors (Lipinski definition) is 1. The van der Waals surface area contributed by atoms with E-state index in [0.717, 1.165) is 17.7 Å². The van der Waals surface area contributed by atoms with Gasteiger partial charge in [-0.3, -0.25) is 14.3 Å². The number of carbonyl (C=O) groups is 2. The lowest BCUT2D eigenvalue weighted by Gasteiger charge is -2.32. The Bertz CT molecular complexity index is 768. The second-order valence-electron chi connectivity index (χ2n) is 6.31. The number of nitrogens with one attached hydrogen (secondary N) is 1. The highest BCUT2D eigenvalue weighted by Gasteiger charge is 2.37. The molecule has 3 rings (SSSR count). The van der Waals surface area contributed by atoms with Crippen molar-refractivity contribution in [3.63, 3.8) is 0 Å². The summed E-state index contributed by atoms with van der Waals surface area (Å²) in [7, 11) is 1.77. The van der Waals surface area contributed by atoms with Crippen LogP contribution >= 0.6 is 0 Å². The van der Waals surface area contributed by atoms with E-state index in [0.29, 0.717) is 12.1 Å². The van der Waals surface area contributed by atoms with Crippen molar-refractivity contribution in [1.82, 2.24) is 14.7 Å². The van der Waals surface area contributed by atoms with Crippen LogP contribution in [0.3, 0.4) is 0 Å². The average Bonchev–Trinajstić information content (AvgIpc) is 2.94. The quantitative estimate of drug-likeness (QED) is 0.942. The molecule has 6 heteroatoms. The average molecular weight is 326 g/mol. The van der Waals surface area contributed by atoms with Gasteiger partial charge in [0.1, 0.15) is 6.04 Å². The number of para-hydroxylation sites is 1. The molecule has 2 heterocycles. The summed E-state index contributed by atoms with van der Waals surface area (Å²) in [5.74, 6) is -0.244. The smallest absolute Gasteiger partial charge is 0.258 e. The number of aryl methyl sites for hydroxylation is 1. The lowest BCUT2D eigenvalue weighted by molar-refractivity contribution is -0.122. The highest BCUT2D eigenvalue weighted by molar-refractivity contribution is 6.02. The molecule has 1 aliphatic heterocycles. The molecular weight excluding hydrogens is 304 g/mol. The molecule has 0 radical (unpaired) electrons. The van der Waals surface area contributed by atoms with Crippen molar-refractivity contribution in [2.75, 3.05) is 5.32 Å². The molecule has 1 aromatic heterocycles. The number of aromatic nitrogens is 2. The zero-order valence-corrected chi connectivity index (χ0v) is 14.2. The molecule has 0 aliphatic carbocycles. The summed E-state index contributed by atoms with van der Waals surface area (Å²) in [6.07, 6.45) is 4.04. The Hall–Kier alpha value is -2.63. The number of benzene rings is 1. The lowest BCUT2D eigenvalue weighted by atomic mass is 9.96. The monoisotopic (exact) mass is 326 g/mol. The van der Waals surface area contributed by atoms with Gasteiger partial charge in [0.2, 0.25) is 5.91 Å². The summed E-state index contributed by atoms with van der Waals surface area (Å²) in [4.78, 5) is 27.5. The molecule has 0 saturated heterocycles. The minimum absolute atomic E-state index is 0.0555. The fraction of sp³-hybridized carbons (Fsp3) is 0.389. The highest BCUT2D eigenvalue weighted by atomic mass is 16.2. The van der Waals surface area contributed by atoms with E-state index in [1.807, 2.05) is 38.1 Å². The standard InChI is InChI=1S/C18H22N4O2/c1-4-12(2)16-17(23)20-15-8-6-5-7-13(15)11-22(16)18(24)14-9-19-21(3)10-14/h5-10,12,16H,4,11H2,1-3H3,(H,20,23)/t12-,16-/m0/s1. The van der Waals surface area contributed by atoms with Crippen LogP contribution < -0.4 is 5.32 Å². The number of fused-ring (bicyclic) bond motifs is 1. The fourth-order valence-electron chi connectivity index (χ4n) is 3.09. The van der Waals surface area contributed by atoms with Crippen molar-refractivity contribution in [1.29, 1.82) is 0 Å². The van der Waals surface area contributed by atoms with E-state index >= 15 is 0 Å². The Labute approximate surface area is 141 Å². The molecule has 0 fully saturated rings. The van der Waals surface area contributed by atoms with Crippen LogP contribution in [0.2, 0.25) is 0 Å². The second kappa shape index (κ2) is 6.47. The van der Waals surface area contributed by atoms with Gasteiger partial charge in [-0.2, -0.15) is 5.10 Å². The summed E-state index contributed by atoms with van der Waals surface area (Å²) in [5, 5.41) is 7.05. The minimum Gasteiger partial charge on any atom is -0.324 e. The molecule has 2 aromatic rings. The van der Waals surface area contributed by atoms with Crippen LogP contribution in [0.5, 0.6) is 0 Å². The largest absolute Gasteiger partial charge is 0.324 e. The molecular formula is C18H22N4O2. The van der Waals surface area contributed by atoms with Crippen LogP contribution in [0.4, 0.5) is 5.69 Å². The molecule has 2 amide bonds. The highest BCUT2D eigenvalue weighted by Crippen LogP contribution is 2.28. The Morgan fingerprint density at radius 1 is 1.42 bits per heavy atom. The first-order chi connectivity index (χ1) is 11.5. The van der Waals surface area contributed by atoms with Gasteiger partial charge < -0.3 is 10.2 Å². The first-order valence-electron chi connectivity index (χ1n) is 8.19. The second-order valence-corrected chi connectivity index (χ2v) is 6.31. The van der Waals surface area contributed by atoms with Gasteiger partial charge in [-0.15, -0.1) is 0 Å². The van der Waals surface area contributed by atoms with Crippen molar-refractivity contribution in [3.8, 4) is 0 Å². The van der Waals surface area contributed by atoms with E-state index in [4.69, 9.17) is 0 Å². The Morgan fingerprint density at radius 2 is 2.17 bits per heavy atom. The van der Waals surface area contributed by atoms with Crippen molar-refractivity contribution in [2.24, 2.45) is 13.0 Å². The lowest BCUT2D eigenvalue weighted by Crippen LogP contribution is -2.48. The SMILES string of the molecule is CC[C@H](C)[C@H]1C(=O)Nc2ccccc2CN1C(=O)c1cnn(C)c1. The van der Waals surface area contributed by atoms with Gasteiger partial charge in [0.15, 0.2) is 0 Å². The van der Waals surface area contributed by atoms with E-state index in [2.05, 4.69) is 10.4 Å². The Kier molecular flexibility index (Phi) is 4.38. The maximum Gasteiger partial charge on any atom is 0.258 e. The molecule has 1 aromatic carbocycles. The van der Waals surface area contributed by atoms with Crippen LogP contribution in [0, 0.1) is 5.92 Å². The van der Waals surface area contributed by atoms with Gasteiger partial charge in [-0.25, -0.2) is 0 Å². The summed E-state index contributed by atoms with van der Waals surface area (Å²) in [6.45, 7) is 4.43. The zero-order chi connectivity index (χ0) is 17.3. The Balaban J connectivity index is 2.03. The normalized spacial score (nSPS) is 18.5. The first kappa shape index (κ1) is 16.2. The van der Waals surface area contributed by atoms with Crippen LogP contribution in [-0.2, 0) is 18.4 Å². The molecule has 1 aliphatic rings. The zero-order valence-electron chi connectivity index (χ0n) is 14.2. The number of anilines is 1. The number of hydrogen-bond acceptors (Lipinski definition) is 3. The van der Waals surface area contributed by atoms with Gasteiger partial charge in [-0.1, -0.05) is 38.5 Å². The predicted molar refractivity (Wildman–Crippen MR) is 91.4 cm³/mol. The van der Waals surface area contributed by atoms with Gasteiger partial charge in [-0.05, 0) is 17.5 Å². The van der Waals surface area contributed by atoms with Crippen LogP contribution in [-0.4, -0.2) is 32.5 Å². The first-order valence-corrected chi connectivity index (χ1v) is 8.19. The molecule has 0 unspecified atom stereocenters. The Morgan fingerprint density at radius 3 is 2.83 bits per heavy atom. The topological polar surface area (TPSA) is 67.2 Å². The van der Waals surface area contributed by atoms with E-state index < -0.39 is 6.04 Å². The molecule has 6 nitrogen and oxygen atoms in total.